The molecule has 5 heteroatoms. The molecule has 5 nitrogen and oxygen atoms in total. The van der Waals surface area contributed by atoms with Crippen molar-refractivity contribution >= 4 is 5.84 Å². The van der Waals surface area contributed by atoms with Crippen LogP contribution >= 0.6 is 0 Å². The average molecular weight is 140 g/mol. The van der Waals surface area contributed by atoms with Gasteiger partial charge in [-0.25, -0.2) is 5.10 Å². The lowest BCUT2D eigenvalue weighted by Crippen LogP contribution is -2.11. The summed E-state index contributed by atoms with van der Waals surface area (Å²) in [7, 11) is 1.49. The normalized spacial score (nSPS) is 9.30. The molecule has 0 unspecified atom stereocenters. The number of nitrogen functional groups attached to an aromatic ring is 1. The first-order valence-electron chi connectivity index (χ1n) is 2.67. The Morgan fingerprint density at radius 2 is 2.60 bits per heavy atom. The lowest BCUT2D eigenvalue weighted by atomic mass is 10.3. The quantitative estimate of drug-likeness (QED) is 0.389. The van der Waals surface area contributed by atoms with E-state index in [0.29, 0.717) is 11.4 Å². The van der Waals surface area contributed by atoms with E-state index in [-0.39, 0.29) is 5.84 Å². The van der Waals surface area contributed by atoms with Gasteiger partial charge >= 0.3 is 0 Å². The smallest absolute Gasteiger partial charge is 0.220 e. The van der Waals surface area contributed by atoms with Gasteiger partial charge in [0, 0.05) is 0 Å². The summed E-state index contributed by atoms with van der Waals surface area (Å²) in [5.74, 6) is 0.373. The van der Waals surface area contributed by atoms with Crippen LogP contribution in [0, 0.1) is 5.41 Å². The van der Waals surface area contributed by atoms with Crippen LogP contribution in [0.3, 0.4) is 0 Å². The maximum Gasteiger partial charge on any atom is 0.220 e. The van der Waals surface area contributed by atoms with Gasteiger partial charge in [-0.1, -0.05) is 0 Å². The first-order chi connectivity index (χ1) is 4.75. The highest BCUT2D eigenvalue weighted by Gasteiger charge is 2.05. The van der Waals surface area contributed by atoms with Gasteiger partial charge in [-0.05, 0) is 0 Å². The molecule has 54 valence electrons. The van der Waals surface area contributed by atoms with Gasteiger partial charge in [-0.15, -0.1) is 0 Å². The van der Waals surface area contributed by atoms with Gasteiger partial charge in [0.15, 0.2) is 0 Å². The number of nitrogens with zero attached hydrogens (tertiary/aromatic N) is 1. The van der Waals surface area contributed by atoms with E-state index in [1.54, 1.807) is 0 Å². The van der Waals surface area contributed by atoms with Gasteiger partial charge in [-0.3, -0.25) is 5.41 Å². The summed E-state index contributed by atoms with van der Waals surface area (Å²) in [6.07, 6.45) is 1.45. The Balaban J connectivity index is 3.01. The molecule has 0 aliphatic carbocycles. The molecule has 1 heterocycles. The molecule has 0 aromatic carbocycles. The van der Waals surface area contributed by atoms with Crippen molar-refractivity contribution in [1.82, 2.24) is 10.2 Å². The van der Waals surface area contributed by atoms with E-state index < -0.39 is 0 Å². The third kappa shape index (κ3) is 0.928. The number of ether oxygens (including phenoxy) is 1. The number of hydrogen-bond acceptors (Lipinski definition) is 3. The minimum atomic E-state index is -0.0504. The maximum absolute atomic E-state index is 7.03. The Morgan fingerprint density at radius 1 is 1.90 bits per heavy atom. The SMILES string of the molecule is COc1[nH]ncc1C(=N)N. The molecule has 1 aromatic rings. The van der Waals surface area contributed by atoms with E-state index in [1.807, 2.05) is 0 Å². The fraction of sp³-hybridized carbons (Fsp3) is 0.200. The van der Waals surface area contributed by atoms with Crippen LogP contribution in [0.1, 0.15) is 5.56 Å². The topological polar surface area (TPSA) is 87.8 Å². The molecule has 0 aliphatic rings. The maximum atomic E-state index is 7.03. The van der Waals surface area contributed by atoms with Crippen LogP contribution < -0.4 is 10.5 Å². The second-order valence-electron chi connectivity index (χ2n) is 1.73. The summed E-state index contributed by atoms with van der Waals surface area (Å²) in [6, 6.07) is 0. The van der Waals surface area contributed by atoms with Gasteiger partial charge in [0.2, 0.25) is 5.88 Å². The van der Waals surface area contributed by atoms with Crippen molar-refractivity contribution in [1.29, 1.82) is 5.41 Å². The number of H-pyrrole nitrogens is 1. The van der Waals surface area contributed by atoms with Crippen LogP contribution in [-0.2, 0) is 0 Å². The van der Waals surface area contributed by atoms with Crippen molar-refractivity contribution < 1.29 is 4.74 Å². The lowest BCUT2D eigenvalue weighted by molar-refractivity contribution is 0.396. The summed E-state index contributed by atoms with van der Waals surface area (Å²) in [4.78, 5) is 0. The fourth-order valence-electron chi connectivity index (χ4n) is 0.622. The highest BCUT2D eigenvalue weighted by Crippen LogP contribution is 2.10. The van der Waals surface area contributed by atoms with E-state index in [0.717, 1.165) is 0 Å². The van der Waals surface area contributed by atoms with E-state index in [4.69, 9.17) is 15.9 Å². The third-order valence-corrected chi connectivity index (χ3v) is 1.10. The molecule has 0 atom stereocenters. The number of methoxy groups -OCH3 is 1. The molecule has 0 saturated carbocycles. The molecule has 0 fully saturated rings. The van der Waals surface area contributed by atoms with E-state index >= 15 is 0 Å². The average Bonchev–Trinajstić information content (AvgIpc) is 2.33. The number of nitrogens with one attached hydrogen (secondary N) is 2. The summed E-state index contributed by atoms with van der Waals surface area (Å²) >= 11 is 0. The Morgan fingerprint density at radius 3 is 3.00 bits per heavy atom. The van der Waals surface area contributed by atoms with Gasteiger partial charge in [0.1, 0.15) is 5.84 Å². The second-order valence-corrected chi connectivity index (χ2v) is 1.73. The van der Waals surface area contributed by atoms with Gasteiger partial charge < -0.3 is 10.5 Å². The molecule has 0 amide bonds. The molecule has 0 spiro atoms. The minimum Gasteiger partial charge on any atom is -0.481 e. The molecule has 1 rings (SSSR count). The highest BCUT2D eigenvalue weighted by atomic mass is 16.5. The first kappa shape index (κ1) is 6.60. The predicted molar refractivity (Wildman–Crippen MR) is 36.2 cm³/mol. The fourth-order valence-corrected chi connectivity index (χ4v) is 0.622. The van der Waals surface area contributed by atoms with E-state index in [1.165, 1.54) is 13.3 Å². The molecular weight excluding hydrogens is 132 g/mol. The van der Waals surface area contributed by atoms with E-state index in [9.17, 15) is 0 Å². The Labute approximate surface area is 57.7 Å². The van der Waals surface area contributed by atoms with Crippen LogP contribution in [0.4, 0.5) is 0 Å². The summed E-state index contributed by atoms with van der Waals surface area (Å²) in [5, 5.41) is 13.2. The van der Waals surface area contributed by atoms with Gasteiger partial charge in [0.05, 0.1) is 18.9 Å². The zero-order valence-corrected chi connectivity index (χ0v) is 5.51. The molecular formula is C5H8N4O. The zero-order chi connectivity index (χ0) is 7.56. The second kappa shape index (κ2) is 2.38. The van der Waals surface area contributed by atoms with Crippen LogP contribution in [0.15, 0.2) is 6.20 Å². The van der Waals surface area contributed by atoms with Gasteiger partial charge in [0.25, 0.3) is 0 Å². The van der Waals surface area contributed by atoms with Crippen LogP contribution in [0.25, 0.3) is 0 Å². The predicted octanol–water partition coefficient (Wildman–Crippen LogP) is -0.298. The monoisotopic (exact) mass is 140 g/mol. The van der Waals surface area contributed by atoms with Crippen molar-refractivity contribution in [2.75, 3.05) is 7.11 Å². The number of aromatic nitrogens is 2. The minimum absolute atomic E-state index is 0.0504. The van der Waals surface area contributed by atoms with E-state index in [2.05, 4.69) is 10.2 Å². The number of amidine groups is 1. The molecule has 4 N–H and O–H groups in total. The van der Waals surface area contributed by atoms with Crippen molar-refractivity contribution in [3.63, 3.8) is 0 Å². The highest BCUT2D eigenvalue weighted by molar-refractivity contribution is 5.96. The Hall–Kier alpha value is -1.52. The molecule has 0 bridgehead atoms. The van der Waals surface area contributed by atoms with Crippen molar-refractivity contribution in [3.05, 3.63) is 11.8 Å². The lowest BCUT2D eigenvalue weighted by Gasteiger charge is -1.96. The summed E-state index contributed by atoms with van der Waals surface area (Å²) in [6.45, 7) is 0. The standard InChI is InChI=1S/C5H8N4O/c1-10-5-3(4(6)7)2-8-9-5/h2H,1H3,(H3,6,7)(H,8,9). The molecule has 0 aliphatic heterocycles. The van der Waals surface area contributed by atoms with Crippen molar-refractivity contribution in [2.45, 2.75) is 0 Å². The number of aromatic amines is 1. The van der Waals surface area contributed by atoms with Gasteiger partial charge in [-0.2, -0.15) is 5.10 Å². The number of rotatable bonds is 2. The van der Waals surface area contributed by atoms with Crippen LogP contribution in [0.2, 0.25) is 0 Å². The molecule has 0 radical (unpaired) electrons. The van der Waals surface area contributed by atoms with Crippen molar-refractivity contribution in [2.24, 2.45) is 5.73 Å². The number of hydrogen-bond donors (Lipinski definition) is 3. The van der Waals surface area contributed by atoms with Crippen LogP contribution in [0.5, 0.6) is 5.88 Å². The summed E-state index contributed by atoms with van der Waals surface area (Å²) in [5.41, 5.74) is 5.67. The third-order valence-electron chi connectivity index (χ3n) is 1.10. The largest absolute Gasteiger partial charge is 0.481 e. The Bertz CT molecular complexity index is 242. The van der Waals surface area contributed by atoms with Crippen LogP contribution in [-0.4, -0.2) is 23.1 Å². The Kier molecular flexibility index (Phi) is 1.57. The summed E-state index contributed by atoms with van der Waals surface area (Å²) < 4.78 is 4.81. The molecule has 1 aromatic heterocycles. The zero-order valence-electron chi connectivity index (χ0n) is 5.51. The molecule has 10 heavy (non-hydrogen) atoms. The van der Waals surface area contributed by atoms with Crippen molar-refractivity contribution in [3.8, 4) is 5.88 Å². The molecule has 0 saturated heterocycles. The number of nitrogens with two attached hydrogens (primary N) is 1. The first-order valence-corrected chi connectivity index (χ1v) is 2.67.